The molecule has 0 bridgehead atoms. The number of carbonyl (C=O) groups is 2. The van der Waals surface area contributed by atoms with Crippen molar-refractivity contribution in [2.24, 2.45) is 0 Å². The Labute approximate surface area is 226 Å². The SMILES string of the molecule is CC1(C)CC2(CC(C)(C)N1C(=O)Cc1ccccc1)NC(=O)C(Cc1ccccc1)(Cc1ccccc1)O2. The monoisotopic (exact) mass is 510 g/mol. The molecule has 2 heterocycles. The molecular formula is C33H38N2O3. The van der Waals surface area contributed by atoms with Crippen LogP contribution in [0.15, 0.2) is 91.0 Å². The van der Waals surface area contributed by atoms with E-state index < -0.39 is 22.4 Å². The second kappa shape index (κ2) is 9.70. The quantitative estimate of drug-likeness (QED) is 0.478. The predicted octanol–water partition coefficient (Wildman–Crippen LogP) is 5.48. The van der Waals surface area contributed by atoms with Gasteiger partial charge in [0.15, 0.2) is 5.60 Å². The Morgan fingerprint density at radius 3 is 1.61 bits per heavy atom. The highest BCUT2D eigenvalue weighted by Crippen LogP contribution is 2.49. The van der Waals surface area contributed by atoms with Gasteiger partial charge >= 0.3 is 0 Å². The Balaban J connectivity index is 1.46. The maximum atomic E-state index is 13.9. The van der Waals surface area contributed by atoms with Crippen molar-refractivity contribution in [2.75, 3.05) is 0 Å². The molecule has 2 aliphatic heterocycles. The normalized spacial score (nSPS) is 20.7. The van der Waals surface area contributed by atoms with Crippen molar-refractivity contribution in [3.8, 4) is 0 Å². The Bertz CT molecular complexity index is 1230. The minimum atomic E-state index is -1.04. The van der Waals surface area contributed by atoms with Gasteiger partial charge in [-0.3, -0.25) is 9.59 Å². The molecule has 0 unspecified atom stereocenters. The molecule has 38 heavy (non-hydrogen) atoms. The number of ether oxygens (including phenoxy) is 1. The van der Waals surface area contributed by atoms with Crippen molar-refractivity contribution >= 4 is 11.8 Å². The van der Waals surface area contributed by atoms with Crippen molar-refractivity contribution in [2.45, 2.75) is 82.2 Å². The molecule has 2 fully saturated rings. The Morgan fingerprint density at radius 2 is 1.16 bits per heavy atom. The Hall–Kier alpha value is -3.44. The van der Waals surface area contributed by atoms with E-state index in [2.05, 4.69) is 33.0 Å². The third-order valence-corrected chi connectivity index (χ3v) is 7.91. The van der Waals surface area contributed by atoms with Crippen LogP contribution in [-0.4, -0.2) is 39.1 Å². The number of piperidine rings is 1. The third-order valence-electron chi connectivity index (χ3n) is 7.91. The van der Waals surface area contributed by atoms with E-state index in [-0.39, 0.29) is 11.8 Å². The lowest BCUT2D eigenvalue weighted by molar-refractivity contribution is -0.194. The summed E-state index contributed by atoms with van der Waals surface area (Å²) in [7, 11) is 0. The molecule has 5 nitrogen and oxygen atoms in total. The summed E-state index contributed by atoms with van der Waals surface area (Å²) in [5.41, 5.74) is 0.156. The second-order valence-corrected chi connectivity index (χ2v) is 12.2. The zero-order chi connectivity index (χ0) is 27.0. The molecule has 0 aliphatic carbocycles. The average molecular weight is 511 g/mol. The minimum Gasteiger partial charge on any atom is -0.339 e. The third kappa shape index (κ3) is 5.12. The molecule has 0 atom stereocenters. The summed E-state index contributed by atoms with van der Waals surface area (Å²) in [6.45, 7) is 8.34. The van der Waals surface area contributed by atoms with Crippen molar-refractivity contribution in [3.63, 3.8) is 0 Å². The summed E-state index contributed by atoms with van der Waals surface area (Å²) < 4.78 is 7.02. The minimum absolute atomic E-state index is 0.0825. The highest BCUT2D eigenvalue weighted by molar-refractivity contribution is 5.89. The molecule has 3 aromatic rings. The number of nitrogens with zero attached hydrogens (tertiary/aromatic N) is 1. The number of rotatable bonds is 6. The number of benzene rings is 3. The van der Waals surface area contributed by atoms with Gasteiger partial charge in [0.05, 0.1) is 6.42 Å². The van der Waals surface area contributed by atoms with Crippen LogP contribution in [0.4, 0.5) is 0 Å². The van der Waals surface area contributed by atoms with Crippen LogP contribution >= 0.6 is 0 Å². The van der Waals surface area contributed by atoms with Gasteiger partial charge in [0.2, 0.25) is 5.91 Å². The fourth-order valence-corrected chi connectivity index (χ4v) is 7.04. The van der Waals surface area contributed by atoms with Gasteiger partial charge in [-0.1, -0.05) is 91.0 Å². The first-order chi connectivity index (χ1) is 18.0. The maximum absolute atomic E-state index is 13.9. The van der Waals surface area contributed by atoms with Crippen molar-refractivity contribution in [1.29, 1.82) is 0 Å². The lowest BCUT2D eigenvalue weighted by Gasteiger charge is -2.58. The molecule has 0 aromatic heterocycles. The van der Waals surface area contributed by atoms with Gasteiger partial charge < -0.3 is 15.0 Å². The van der Waals surface area contributed by atoms with Crippen LogP contribution in [0.3, 0.4) is 0 Å². The number of amides is 2. The van der Waals surface area contributed by atoms with Crippen LogP contribution in [0, 0.1) is 0 Å². The molecule has 2 saturated heterocycles. The molecule has 5 heteroatoms. The summed E-state index contributed by atoms with van der Waals surface area (Å²) in [6, 6.07) is 30.0. The number of likely N-dealkylation sites (tertiary alicyclic amines) is 1. The van der Waals surface area contributed by atoms with Gasteiger partial charge in [-0.25, -0.2) is 0 Å². The van der Waals surface area contributed by atoms with Gasteiger partial charge in [0.1, 0.15) is 5.72 Å². The highest BCUT2D eigenvalue weighted by Gasteiger charge is 2.63. The zero-order valence-corrected chi connectivity index (χ0v) is 22.9. The molecule has 198 valence electrons. The molecule has 3 aromatic carbocycles. The van der Waals surface area contributed by atoms with Crippen LogP contribution in [0.2, 0.25) is 0 Å². The Morgan fingerprint density at radius 1 is 0.737 bits per heavy atom. The fraction of sp³-hybridized carbons (Fsp3) is 0.394. The summed E-state index contributed by atoms with van der Waals surface area (Å²) in [6.07, 6.45) is 2.34. The molecule has 0 radical (unpaired) electrons. The number of hydrogen-bond donors (Lipinski definition) is 1. The van der Waals surface area contributed by atoms with Crippen LogP contribution < -0.4 is 5.32 Å². The van der Waals surface area contributed by atoms with Gasteiger partial charge in [-0.2, -0.15) is 0 Å². The second-order valence-electron chi connectivity index (χ2n) is 12.2. The smallest absolute Gasteiger partial charge is 0.255 e. The molecule has 2 amide bonds. The number of hydrogen-bond acceptors (Lipinski definition) is 3. The molecule has 5 rings (SSSR count). The fourth-order valence-electron chi connectivity index (χ4n) is 7.04. The number of carbonyl (C=O) groups excluding carboxylic acids is 2. The van der Waals surface area contributed by atoms with E-state index >= 15 is 0 Å². The van der Waals surface area contributed by atoms with Gasteiger partial charge in [0.25, 0.3) is 5.91 Å². The zero-order valence-electron chi connectivity index (χ0n) is 22.9. The Kier molecular flexibility index (Phi) is 6.68. The molecule has 2 aliphatic rings. The molecule has 1 spiro atoms. The van der Waals surface area contributed by atoms with Gasteiger partial charge in [-0.15, -0.1) is 0 Å². The molecule has 0 saturated carbocycles. The maximum Gasteiger partial charge on any atom is 0.255 e. The summed E-state index contributed by atoms with van der Waals surface area (Å²) in [5.74, 6) is 0.00563. The van der Waals surface area contributed by atoms with E-state index in [1.54, 1.807) is 0 Å². The lowest BCUT2D eigenvalue weighted by Crippen LogP contribution is -2.69. The lowest BCUT2D eigenvalue weighted by atomic mass is 9.74. The van der Waals surface area contributed by atoms with Crippen LogP contribution in [-0.2, 0) is 33.6 Å². The number of nitrogens with one attached hydrogen (secondary N) is 1. The van der Waals surface area contributed by atoms with E-state index in [0.717, 1.165) is 16.7 Å². The van der Waals surface area contributed by atoms with E-state index in [0.29, 0.717) is 32.1 Å². The van der Waals surface area contributed by atoms with Gasteiger partial charge in [0, 0.05) is 36.8 Å². The average Bonchev–Trinajstić information content (AvgIpc) is 3.08. The summed E-state index contributed by atoms with van der Waals surface area (Å²) >= 11 is 0. The van der Waals surface area contributed by atoms with Gasteiger partial charge in [-0.05, 0) is 44.4 Å². The van der Waals surface area contributed by atoms with E-state index in [1.165, 1.54) is 0 Å². The van der Waals surface area contributed by atoms with Crippen molar-refractivity contribution in [3.05, 3.63) is 108 Å². The first-order valence-corrected chi connectivity index (χ1v) is 13.5. The van der Waals surface area contributed by atoms with E-state index in [4.69, 9.17) is 4.74 Å². The standard InChI is InChI=1S/C33H38N2O3/c1-30(2)23-33(24-31(3,4)35(30)28(36)20-25-14-8-5-9-15-25)34-29(37)32(38-33,21-26-16-10-6-11-17-26)22-27-18-12-7-13-19-27/h5-19H,20-24H2,1-4H3,(H,34,37). The predicted molar refractivity (Wildman–Crippen MR) is 149 cm³/mol. The van der Waals surface area contributed by atoms with E-state index in [9.17, 15) is 9.59 Å². The first kappa shape index (κ1) is 26.2. The van der Waals surface area contributed by atoms with Crippen molar-refractivity contribution < 1.29 is 14.3 Å². The summed E-state index contributed by atoms with van der Waals surface area (Å²) in [4.78, 5) is 29.6. The highest BCUT2D eigenvalue weighted by atomic mass is 16.6. The van der Waals surface area contributed by atoms with Crippen LogP contribution in [0.5, 0.6) is 0 Å². The topological polar surface area (TPSA) is 58.6 Å². The summed E-state index contributed by atoms with van der Waals surface area (Å²) in [5, 5.41) is 3.32. The first-order valence-electron chi connectivity index (χ1n) is 13.5. The van der Waals surface area contributed by atoms with Crippen LogP contribution in [0.1, 0.15) is 57.2 Å². The van der Waals surface area contributed by atoms with Crippen molar-refractivity contribution in [1.82, 2.24) is 10.2 Å². The van der Waals surface area contributed by atoms with Crippen LogP contribution in [0.25, 0.3) is 0 Å². The largest absolute Gasteiger partial charge is 0.339 e. The van der Waals surface area contributed by atoms with E-state index in [1.807, 2.05) is 95.9 Å². The molecule has 1 N–H and O–H groups in total. The molecular weight excluding hydrogens is 472 g/mol.